The Morgan fingerprint density at radius 3 is 2.73 bits per heavy atom. The summed E-state index contributed by atoms with van der Waals surface area (Å²) in [6, 6.07) is 13.8. The Bertz CT molecular complexity index is 745. The van der Waals surface area contributed by atoms with E-state index in [1.54, 1.807) is 7.11 Å². The number of fused-ring (bicyclic) bond motifs is 3. The topological polar surface area (TPSA) is 38.7 Å². The lowest BCUT2D eigenvalue weighted by Crippen LogP contribution is -2.63. The summed E-state index contributed by atoms with van der Waals surface area (Å²) < 4.78 is 12.3. The largest absolute Gasteiger partial charge is 0.497 e. The fraction of sp³-hybridized carbons (Fsp3) is 0.333. The standard InChI is InChI=1S/C18H17BrO3/c1-21-14-5-6-16-15(10-14)18(20)8-7-17(18,11-22-16)12-3-2-4-13(19)9-12/h2-6,9-10,20H,7-8,11H2,1H3. The van der Waals surface area contributed by atoms with Crippen molar-refractivity contribution >= 4 is 15.9 Å². The number of rotatable bonds is 2. The molecule has 1 saturated carbocycles. The van der Waals surface area contributed by atoms with Crippen LogP contribution in [0.2, 0.25) is 0 Å². The highest BCUT2D eigenvalue weighted by Gasteiger charge is 2.63. The van der Waals surface area contributed by atoms with E-state index in [0.29, 0.717) is 6.61 Å². The molecule has 0 saturated heterocycles. The first kappa shape index (κ1) is 14.1. The average molecular weight is 361 g/mol. The van der Waals surface area contributed by atoms with E-state index in [1.165, 1.54) is 0 Å². The molecule has 4 heteroatoms. The molecule has 4 rings (SSSR count). The van der Waals surface area contributed by atoms with Crippen LogP contribution in [0.5, 0.6) is 11.5 Å². The van der Waals surface area contributed by atoms with Gasteiger partial charge in [0, 0.05) is 10.0 Å². The lowest BCUT2D eigenvalue weighted by atomic mass is 9.50. The van der Waals surface area contributed by atoms with Gasteiger partial charge in [0.2, 0.25) is 0 Å². The molecule has 2 atom stereocenters. The fourth-order valence-corrected chi connectivity index (χ4v) is 4.19. The van der Waals surface area contributed by atoms with Gasteiger partial charge in [-0.2, -0.15) is 0 Å². The first-order valence-corrected chi connectivity index (χ1v) is 8.18. The molecule has 0 spiro atoms. The zero-order chi connectivity index (χ0) is 15.4. The van der Waals surface area contributed by atoms with Crippen molar-refractivity contribution in [3.05, 3.63) is 58.1 Å². The molecule has 1 heterocycles. The molecule has 1 aliphatic carbocycles. The summed E-state index contributed by atoms with van der Waals surface area (Å²) in [5.41, 5.74) is 0.680. The highest BCUT2D eigenvalue weighted by Crippen LogP contribution is 2.62. The van der Waals surface area contributed by atoms with Crippen LogP contribution >= 0.6 is 15.9 Å². The molecule has 0 bridgehead atoms. The Morgan fingerprint density at radius 1 is 1.18 bits per heavy atom. The average Bonchev–Trinajstić information content (AvgIpc) is 2.53. The van der Waals surface area contributed by atoms with Crippen molar-refractivity contribution in [2.75, 3.05) is 13.7 Å². The maximum absolute atomic E-state index is 11.4. The van der Waals surface area contributed by atoms with E-state index in [-0.39, 0.29) is 5.41 Å². The van der Waals surface area contributed by atoms with Gasteiger partial charge in [-0.25, -0.2) is 0 Å². The minimum absolute atomic E-state index is 0.379. The molecule has 3 nitrogen and oxygen atoms in total. The van der Waals surface area contributed by atoms with Crippen LogP contribution in [-0.4, -0.2) is 18.8 Å². The van der Waals surface area contributed by atoms with E-state index in [1.807, 2.05) is 30.3 Å². The molecule has 2 aliphatic rings. The van der Waals surface area contributed by atoms with Crippen LogP contribution in [0.3, 0.4) is 0 Å². The Hall–Kier alpha value is -1.52. The molecule has 1 N–H and O–H groups in total. The van der Waals surface area contributed by atoms with Gasteiger partial charge in [-0.1, -0.05) is 28.1 Å². The van der Waals surface area contributed by atoms with Crippen molar-refractivity contribution in [1.82, 2.24) is 0 Å². The number of aliphatic hydroxyl groups is 1. The van der Waals surface area contributed by atoms with Gasteiger partial charge < -0.3 is 14.6 Å². The zero-order valence-electron chi connectivity index (χ0n) is 12.3. The van der Waals surface area contributed by atoms with Gasteiger partial charge in [-0.3, -0.25) is 0 Å². The summed E-state index contributed by atoms with van der Waals surface area (Å²) >= 11 is 3.53. The lowest BCUT2D eigenvalue weighted by Gasteiger charge is -2.59. The molecule has 0 aromatic heterocycles. The van der Waals surface area contributed by atoms with Crippen LogP contribution in [-0.2, 0) is 11.0 Å². The van der Waals surface area contributed by atoms with Crippen molar-refractivity contribution < 1.29 is 14.6 Å². The van der Waals surface area contributed by atoms with Crippen molar-refractivity contribution in [2.45, 2.75) is 23.9 Å². The zero-order valence-corrected chi connectivity index (χ0v) is 13.9. The molecular weight excluding hydrogens is 344 g/mol. The van der Waals surface area contributed by atoms with E-state index in [0.717, 1.165) is 39.9 Å². The number of benzene rings is 2. The minimum atomic E-state index is -0.893. The van der Waals surface area contributed by atoms with E-state index >= 15 is 0 Å². The molecule has 2 aromatic rings. The van der Waals surface area contributed by atoms with Gasteiger partial charge in [0.1, 0.15) is 23.7 Å². The van der Waals surface area contributed by atoms with Gasteiger partial charge in [-0.15, -0.1) is 0 Å². The van der Waals surface area contributed by atoms with Crippen LogP contribution in [0.25, 0.3) is 0 Å². The van der Waals surface area contributed by atoms with Crippen LogP contribution in [0.4, 0.5) is 0 Å². The number of halogens is 1. The fourth-order valence-electron chi connectivity index (χ4n) is 3.79. The smallest absolute Gasteiger partial charge is 0.125 e. The van der Waals surface area contributed by atoms with Crippen molar-refractivity contribution in [2.24, 2.45) is 0 Å². The van der Waals surface area contributed by atoms with Crippen molar-refractivity contribution in [3.8, 4) is 11.5 Å². The first-order valence-electron chi connectivity index (χ1n) is 7.39. The third-order valence-electron chi connectivity index (χ3n) is 5.19. The summed E-state index contributed by atoms with van der Waals surface area (Å²) in [4.78, 5) is 0. The Labute approximate surface area is 138 Å². The molecule has 114 valence electrons. The second-order valence-corrected chi connectivity index (χ2v) is 7.02. The predicted octanol–water partition coefficient (Wildman–Crippen LogP) is 3.77. The number of hydrogen-bond acceptors (Lipinski definition) is 3. The highest BCUT2D eigenvalue weighted by molar-refractivity contribution is 9.10. The van der Waals surface area contributed by atoms with Gasteiger partial charge in [-0.05, 0) is 48.7 Å². The van der Waals surface area contributed by atoms with E-state index in [2.05, 4.69) is 28.1 Å². The summed E-state index contributed by atoms with van der Waals surface area (Å²) in [7, 11) is 1.64. The van der Waals surface area contributed by atoms with E-state index < -0.39 is 5.60 Å². The van der Waals surface area contributed by atoms with Gasteiger partial charge in [0.15, 0.2) is 0 Å². The van der Waals surface area contributed by atoms with Crippen LogP contribution < -0.4 is 9.47 Å². The first-order chi connectivity index (χ1) is 10.6. The number of hydrogen-bond donors (Lipinski definition) is 1. The minimum Gasteiger partial charge on any atom is -0.497 e. The molecule has 2 unspecified atom stereocenters. The number of ether oxygens (including phenoxy) is 2. The second kappa shape index (κ2) is 4.74. The highest BCUT2D eigenvalue weighted by atomic mass is 79.9. The Kier molecular flexibility index (Phi) is 3.03. The summed E-state index contributed by atoms with van der Waals surface area (Å²) in [5, 5.41) is 11.4. The summed E-state index contributed by atoms with van der Waals surface area (Å²) in [5.74, 6) is 1.50. The molecular formula is C18H17BrO3. The van der Waals surface area contributed by atoms with Gasteiger partial charge in [0.05, 0.1) is 12.5 Å². The van der Waals surface area contributed by atoms with Crippen LogP contribution in [0, 0.1) is 0 Å². The number of methoxy groups -OCH3 is 1. The summed E-state index contributed by atoms with van der Waals surface area (Å²) in [6.07, 6.45) is 1.65. The van der Waals surface area contributed by atoms with Crippen LogP contribution in [0.1, 0.15) is 24.0 Å². The molecule has 22 heavy (non-hydrogen) atoms. The molecule has 2 aromatic carbocycles. The third-order valence-corrected chi connectivity index (χ3v) is 5.68. The lowest BCUT2D eigenvalue weighted by molar-refractivity contribution is -0.156. The SMILES string of the molecule is COc1ccc2c(c1)C1(O)CCC1(c1cccc(Br)c1)CO2. The summed E-state index contributed by atoms with van der Waals surface area (Å²) in [6.45, 7) is 0.499. The maximum Gasteiger partial charge on any atom is 0.125 e. The molecule has 1 aliphatic heterocycles. The Balaban J connectivity index is 1.87. The quantitative estimate of drug-likeness (QED) is 0.885. The van der Waals surface area contributed by atoms with Crippen molar-refractivity contribution in [3.63, 3.8) is 0 Å². The second-order valence-electron chi connectivity index (χ2n) is 6.10. The van der Waals surface area contributed by atoms with Crippen LogP contribution in [0.15, 0.2) is 46.9 Å². The molecule has 1 fully saturated rings. The normalized spacial score (nSPS) is 28.9. The monoisotopic (exact) mass is 360 g/mol. The van der Waals surface area contributed by atoms with E-state index in [4.69, 9.17) is 9.47 Å². The molecule has 0 amide bonds. The van der Waals surface area contributed by atoms with Gasteiger partial charge in [0.25, 0.3) is 0 Å². The molecule has 0 radical (unpaired) electrons. The predicted molar refractivity (Wildman–Crippen MR) is 87.4 cm³/mol. The van der Waals surface area contributed by atoms with Crippen molar-refractivity contribution in [1.29, 1.82) is 0 Å². The van der Waals surface area contributed by atoms with Gasteiger partial charge >= 0.3 is 0 Å². The third kappa shape index (κ3) is 1.71. The van der Waals surface area contributed by atoms with E-state index in [9.17, 15) is 5.11 Å². The Morgan fingerprint density at radius 2 is 2.05 bits per heavy atom. The maximum atomic E-state index is 11.4.